The first-order valence-electron chi connectivity index (χ1n) is 4.89. The van der Waals surface area contributed by atoms with Crippen molar-refractivity contribution >= 4 is 27.7 Å². The van der Waals surface area contributed by atoms with E-state index in [1.54, 1.807) is 6.92 Å². The molecule has 4 heteroatoms. The third-order valence-corrected chi connectivity index (χ3v) is 2.80. The van der Waals surface area contributed by atoms with E-state index in [0.717, 1.165) is 10.0 Å². The molecule has 1 aromatic rings. The number of hydrogen-bond donors (Lipinski definition) is 0. The summed E-state index contributed by atoms with van der Waals surface area (Å²) in [6.07, 6.45) is 0.246. The highest BCUT2D eigenvalue weighted by Gasteiger charge is 2.21. The van der Waals surface area contributed by atoms with E-state index in [0.29, 0.717) is 0 Å². The number of hydrogen-bond acceptors (Lipinski definition) is 3. The average molecular weight is 285 g/mol. The van der Waals surface area contributed by atoms with Gasteiger partial charge in [0, 0.05) is 10.9 Å². The van der Waals surface area contributed by atoms with Gasteiger partial charge >= 0.3 is 5.97 Å². The zero-order chi connectivity index (χ0) is 12.1. The van der Waals surface area contributed by atoms with Crippen LogP contribution in [-0.2, 0) is 20.7 Å². The van der Waals surface area contributed by atoms with Crippen LogP contribution in [-0.4, -0.2) is 18.9 Å². The molecule has 1 rings (SSSR count). The highest BCUT2D eigenvalue weighted by atomic mass is 79.9. The zero-order valence-electron chi connectivity index (χ0n) is 9.20. The molecule has 0 saturated heterocycles. The van der Waals surface area contributed by atoms with Crippen molar-refractivity contribution in [3.05, 3.63) is 34.3 Å². The van der Waals surface area contributed by atoms with E-state index in [1.165, 1.54) is 7.11 Å². The maximum atomic E-state index is 11.7. The number of halogens is 1. The number of Topliss-reactive ketones (excluding diaryl/α,β-unsaturated/α-hetero) is 1. The van der Waals surface area contributed by atoms with Gasteiger partial charge in [0.15, 0.2) is 5.78 Å². The number of carbonyl (C=O) groups is 2. The first-order chi connectivity index (χ1) is 7.54. The minimum absolute atomic E-state index is 0.134. The van der Waals surface area contributed by atoms with Gasteiger partial charge < -0.3 is 4.74 Å². The fraction of sp³-hybridized carbons (Fsp3) is 0.333. The zero-order valence-corrected chi connectivity index (χ0v) is 10.8. The van der Waals surface area contributed by atoms with Crippen molar-refractivity contribution in [3.8, 4) is 0 Å². The number of carbonyl (C=O) groups excluding carboxylic acids is 2. The highest BCUT2D eigenvalue weighted by Crippen LogP contribution is 2.14. The molecule has 0 radical (unpaired) electrons. The van der Waals surface area contributed by atoms with Crippen molar-refractivity contribution in [1.29, 1.82) is 0 Å². The molecule has 0 bridgehead atoms. The number of ketones is 1. The van der Waals surface area contributed by atoms with Crippen LogP contribution in [0.15, 0.2) is 28.7 Å². The lowest BCUT2D eigenvalue weighted by Gasteiger charge is -2.08. The van der Waals surface area contributed by atoms with Crippen molar-refractivity contribution in [3.63, 3.8) is 0 Å². The SMILES string of the molecule is COC(=O)C(C)C(=O)Cc1cccc(Br)c1. The van der Waals surface area contributed by atoms with Gasteiger partial charge in [0.1, 0.15) is 5.92 Å². The van der Waals surface area contributed by atoms with Gasteiger partial charge in [-0.1, -0.05) is 28.1 Å². The van der Waals surface area contributed by atoms with Gasteiger partial charge in [-0.15, -0.1) is 0 Å². The van der Waals surface area contributed by atoms with E-state index in [2.05, 4.69) is 20.7 Å². The summed E-state index contributed by atoms with van der Waals surface area (Å²) in [6.45, 7) is 1.56. The van der Waals surface area contributed by atoms with E-state index < -0.39 is 11.9 Å². The van der Waals surface area contributed by atoms with Crippen LogP contribution < -0.4 is 0 Å². The summed E-state index contributed by atoms with van der Waals surface area (Å²) in [5.41, 5.74) is 0.884. The van der Waals surface area contributed by atoms with Crippen LogP contribution in [0.1, 0.15) is 12.5 Å². The first kappa shape index (κ1) is 12.9. The van der Waals surface area contributed by atoms with E-state index in [1.807, 2.05) is 24.3 Å². The van der Waals surface area contributed by atoms with E-state index in [-0.39, 0.29) is 12.2 Å². The summed E-state index contributed by atoms with van der Waals surface area (Å²) in [5, 5.41) is 0. The molecule has 0 amide bonds. The van der Waals surface area contributed by atoms with E-state index in [4.69, 9.17) is 0 Å². The second-order valence-corrected chi connectivity index (χ2v) is 4.43. The van der Waals surface area contributed by atoms with Gasteiger partial charge in [-0.3, -0.25) is 9.59 Å². The van der Waals surface area contributed by atoms with Gasteiger partial charge in [-0.25, -0.2) is 0 Å². The number of ether oxygens (including phenoxy) is 1. The lowest BCUT2D eigenvalue weighted by Crippen LogP contribution is -2.23. The molecule has 0 aliphatic heterocycles. The summed E-state index contributed by atoms with van der Waals surface area (Å²) in [4.78, 5) is 22.9. The first-order valence-corrected chi connectivity index (χ1v) is 5.69. The highest BCUT2D eigenvalue weighted by molar-refractivity contribution is 9.10. The molecular weight excluding hydrogens is 272 g/mol. The predicted octanol–water partition coefficient (Wildman–Crippen LogP) is 2.37. The Morgan fingerprint density at radius 1 is 1.44 bits per heavy atom. The summed E-state index contributed by atoms with van der Waals surface area (Å²) in [6, 6.07) is 7.46. The maximum absolute atomic E-state index is 11.7. The molecule has 0 aliphatic rings. The molecule has 1 atom stereocenters. The summed E-state index contributed by atoms with van der Waals surface area (Å²) in [5.74, 6) is -1.33. The Kier molecular flexibility index (Phi) is 4.68. The monoisotopic (exact) mass is 284 g/mol. The van der Waals surface area contributed by atoms with Crippen LogP contribution in [0, 0.1) is 5.92 Å². The van der Waals surface area contributed by atoms with Crippen LogP contribution in [0.5, 0.6) is 0 Å². The minimum Gasteiger partial charge on any atom is -0.468 e. The summed E-state index contributed by atoms with van der Waals surface area (Å²) >= 11 is 3.33. The van der Waals surface area contributed by atoms with Gasteiger partial charge in [0.05, 0.1) is 7.11 Å². The molecule has 1 unspecified atom stereocenters. The van der Waals surface area contributed by atoms with Gasteiger partial charge in [0.25, 0.3) is 0 Å². The lowest BCUT2D eigenvalue weighted by molar-refractivity contribution is -0.148. The largest absolute Gasteiger partial charge is 0.468 e. The van der Waals surface area contributed by atoms with Crippen molar-refractivity contribution < 1.29 is 14.3 Å². The molecule has 16 heavy (non-hydrogen) atoms. The number of esters is 1. The standard InChI is InChI=1S/C12H13BrO3/c1-8(12(15)16-2)11(14)7-9-4-3-5-10(13)6-9/h3-6,8H,7H2,1-2H3. The Hall–Kier alpha value is -1.16. The smallest absolute Gasteiger partial charge is 0.315 e. The van der Waals surface area contributed by atoms with Crippen LogP contribution in [0.25, 0.3) is 0 Å². The Morgan fingerprint density at radius 3 is 2.69 bits per heavy atom. The molecule has 0 heterocycles. The topological polar surface area (TPSA) is 43.4 Å². The third kappa shape index (κ3) is 3.45. The number of benzene rings is 1. The van der Waals surface area contributed by atoms with Crippen LogP contribution >= 0.6 is 15.9 Å². The van der Waals surface area contributed by atoms with E-state index in [9.17, 15) is 9.59 Å². The second kappa shape index (κ2) is 5.80. The molecule has 3 nitrogen and oxygen atoms in total. The number of rotatable bonds is 4. The Balaban J connectivity index is 2.68. The molecule has 0 aromatic heterocycles. The molecule has 0 N–H and O–H groups in total. The Bertz CT molecular complexity index is 401. The van der Waals surface area contributed by atoms with Crippen LogP contribution in [0.3, 0.4) is 0 Å². The third-order valence-electron chi connectivity index (χ3n) is 2.31. The molecule has 1 aromatic carbocycles. The van der Waals surface area contributed by atoms with E-state index >= 15 is 0 Å². The predicted molar refractivity (Wildman–Crippen MR) is 64.0 cm³/mol. The maximum Gasteiger partial charge on any atom is 0.315 e. The van der Waals surface area contributed by atoms with Gasteiger partial charge in [-0.2, -0.15) is 0 Å². The minimum atomic E-state index is -0.705. The van der Waals surface area contributed by atoms with Crippen molar-refractivity contribution in [2.75, 3.05) is 7.11 Å². The summed E-state index contributed by atoms with van der Waals surface area (Å²) in [7, 11) is 1.28. The molecule has 0 spiro atoms. The molecule has 0 aliphatic carbocycles. The van der Waals surface area contributed by atoms with Crippen LogP contribution in [0.2, 0.25) is 0 Å². The van der Waals surface area contributed by atoms with Crippen molar-refractivity contribution in [2.24, 2.45) is 5.92 Å². The lowest BCUT2D eigenvalue weighted by atomic mass is 10.00. The van der Waals surface area contributed by atoms with Gasteiger partial charge in [0.2, 0.25) is 0 Å². The van der Waals surface area contributed by atoms with Gasteiger partial charge in [-0.05, 0) is 24.6 Å². The average Bonchev–Trinajstić information content (AvgIpc) is 2.27. The normalized spacial score (nSPS) is 11.9. The Labute approximate surface area is 103 Å². The molecule has 0 fully saturated rings. The fourth-order valence-electron chi connectivity index (χ4n) is 1.31. The van der Waals surface area contributed by atoms with Crippen molar-refractivity contribution in [1.82, 2.24) is 0 Å². The Morgan fingerprint density at radius 2 is 2.12 bits per heavy atom. The quantitative estimate of drug-likeness (QED) is 0.630. The second-order valence-electron chi connectivity index (χ2n) is 3.52. The fourth-order valence-corrected chi connectivity index (χ4v) is 1.76. The molecule has 0 saturated carbocycles. The number of methoxy groups -OCH3 is 1. The molecular formula is C12H13BrO3. The van der Waals surface area contributed by atoms with Crippen LogP contribution in [0.4, 0.5) is 0 Å². The summed E-state index contributed by atoms with van der Waals surface area (Å²) < 4.78 is 5.45. The van der Waals surface area contributed by atoms with Crippen molar-refractivity contribution in [2.45, 2.75) is 13.3 Å². The molecule has 86 valence electrons.